The van der Waals surface area contributed by atoms with Crippen molar-refractivity contribution in [1.29, 1.82) is 0 Å². The number of hydrogen-bond donors (Lipinski definition) is 1. The zero-order chi connectivity index (χ0) is 21.0. The topological polar surface area (TPSA) is 97.5 Å². The standard InChI is InChI=1S/C21H22N4O4/c1-3-23(4-2)20(26)14-24-11-10-15-12-17(8-9-19(15)24)22-21(27)16-6-5-7-18(13-16)25(28)29/h5-13H,3-4,14H2,1-2H3,(H,22,27). The lowest BCUT2D eigenvalue weighted by Crippen LogP contribution is -2.33. The third-order valence-corrected chi connectivity index (χ3v) is 4.77. The molecule has 8 heteroatoms. The fourth-order valence-electron chi connectivity index (χ4n) is 3.20. The molecule has 0 saturated carbocycles. The van der Waals surface area contributed by atoms with Crippen LogP contribution in [0.1, 0.15) is 24.2 Å². The number of non-ortho nitro benzene ring substituents is 1. The van der Waals surface area contributed by atoms with Gasteiger partial charge in [0, 0.05) is 53.6 Å². The molecule has 2 aromatic carbocycles. The van der Waals surface area contributed by atoms with Crippen molar-refractivity contribution in [3.8, 4) is 0 Å². The van der Waals surface area contributed by atoms with Crippen molar-refractivity contribution in [1.82, 2.24) is 9.47 Å². The first kappa shape index (κ1) is 20.1. The molecule has 0 fully saturated rings. The van der Waals surface area contributed by atoms with Crippen molar-refractivity contribution < 1.29 is 14.5 Å². The molecule has 2 amide bonds. The first-order valence-electron chi connectivity index (χ1n) is 9.35. The molecule has 0 unspecified atom stereocenters. The van der Waals surface area contributed by atoms with Crippen LogP contribution in [0.15, 0.2) is 54.7 Å². The van der Waals surface area contributed by atoms with Crippen LogP contribution >= 0.6 is 0 Å². The van der Waals surface area contributed by atoms with Crippen LogP contribution in [0.25, 0.3) is 10.9 Å². The predicted octanol–water partition coefficient (Wildman–Crippen LogP) is 3.67. The number of carbonyl (C=O) groups excluding carboxylic acids is 2. The van der Waals surface area contributed by atoms with E-state index in [1.54, 1.807) is 11.0 Å². The molecule has 29 heavy (non-hydrogen) atoms. The Morgan fingerprint density at radius 2 is 1.86 bits per heavy atom. The molecule has 0 aliphatic heterocycles. The molecule has 3 aromatic rings. The molecular formula is C21H22N4O4. The third-order valence-electron chi connectivity index (χ3n) is 4.77. The highest BCUT2D eigenvalue weighted by molar-refractivity contribution is 6.05. The quantitative estimate of drug-likeness (QED) is 0.488. The van der Waals surface area contributed by atoms with E-state index in [0.29, 0.717) is 18.8 Å². The number of nitro groups is 1. The zero-order valence-corrected chi connectivity index (χ0v) is 16.3. The first-order valence-corrected chi connectivity index (χ1v) is 9.35. The average Bonchev–Trinajstić information content (AvgIpc) is 3.11. The van der Waals surface area contributed by atoms with E-state index < -0.39 is 10.8 Å². The minimum Gasteiger partial charge on any atom is -0.342 e. The first-order chi connectivity index (χ1) is 13.9. The monoisotopic (exact) mass is 394 g/mol. The Hall–Kier alpha value is -3.68. The summed E-state index contributed by atoms with van der Waals surface area (Å²) in [4.78, 5) is 36.9. The number of benzene rings is 2. The smallest absolute Gasteiger partial charge is 0.270 e. The molecule has 150 valence electrons. The van der Waals surface area contributed by atoms with Crippen LogP contribution in [0.3, 0.4) is 0 Å². The third kappa shape index (κ3) is 4.43. The van der Waals surface area contributed by atoms with E-state index in [0.717, 1.165) is 10.9 Å². The maximum Gasteiger partial charge on any atom is 0.270 e. The molecule has 0 bridgehead atoms. The van der Waals surface area contributed by atoms with Crippen molar-refractivity contribution in [2.45, 2.75) is 20.4 Å². The molecule has 0 saturated heterocycles. The molecule has 0 atom stereocenters. The summed E-state index contributed by atoms with van der Waals surface area (Å²) in [5, 5.41) is 14.5. The summed E-state index contributed by atoms with van der Waals surface area (Å²) < 4.78 is 1.88. The largest absolute Gasteiger partial charge is 0.342 e. The van der Waals surface area contributed by atoms with Gasteiger partial charge in [0.25, 0.3) is 11.6 Å². The summed E-state index contributed by atoms with van der Waals surface area (Å²) in [6, 6.07) is 12.9. The number of nitro benzene ring substituents is 1. The van der Waals surface area contributed by atoms with E-state index in [9.17, 15) is 19.7 Å². The lowest BCUT2D eigenvalue weighted by atomic mass is 10.1. The number of amides is 2. The number of likely N-dealkylation sites (N-methyl/N-ethyl adjacent to an activating group) is 1. The number of aromatic nitrogens is 1. The normalized spacial score (nSPS) is 10.7. The number of carbonyl (C=O) groups is 2. The lowest BCUT2D eigenvalue weighted by Gasteiger charge is -2.19. The van der Waals surface area contributed by atoms with Gasteiger partial charge in [0.2, 0.25) is 5.91 Å². The Labute approximate surface area is 167 Å². The highest BCUT2D eigenvalue weighted by Crippen LogP contribution is 2.22. The van der Waals surface area contributed by atoms with Crippen molar-refractivity contribution in [3.05, 3.63) is 70.4 Å². The number of rotatable bonds is 7. The summed E-state index contributed by atoms with van der Waals surface area (Å²) in [5.74, 6) is -0.375. The van der Waals surface area contributed by atoms with E-state index in [1.165, 1.54) is 24.3 Å². The Balaban J connectivity index is 1.77. The van der Waals surface area contributed by atoms with Crippen LogP contribution in [0.5, 0.6) is 0 Å². The number of anilines is 1. The van der Waals surface area contributed by atoms with Crippen LogP contribution in [0.2, 0.25) is 0 Å². The summed E-state index contributed by atoms with van der Waals surface area (Å²) in [6.07, 6.45) is 1.85. The van der Waals surface area contributed by atoms with Crippen molar-refractivity contribution in [2.75, 3.05) is 18.4 Å². The van der Waals surface area contributed by atoms with E-state index in [2.05, 4.69) is 5.32 Å². The summed E-state index contributed by atoms with van der Waals surface area (Å²) in [7, 11) is 0. The molecule has 8 nitrogen and oxygen atoms in total. The Kier molecular flexibility index (Phi) is 5.92. The van der Waals surface area contributed by atoms with Gasteiger partial charge in [-0.05, 0) is 44.2 Å². The van der Waals surface area contributed by atoms with Gasteiger partial charge in [0.1, 0.15) is 6.54 Å². The Morgan fingerprint density at radius 1 is 1.10 bits per heavy atom. The summed E-state index contributed by atoms with van der Waals surface area (Å²) in [5.41, 5.74) is 1.53. The SMILES string of the molecule is CCN(CC)C(=O)Cn1ccc2cc(NC(=O)c3cccc([N+](=O)[O-])c3)ccc21. The maximum absolute atomic E-state index is 12.4. The van der Waals surface area contributed by atoms with Crippen molar-refractivity contribution >= 4 is 34.1 Å². The second-order valence-corrected chi connectivity index (χ2v) is 6.54. The molecule has 1 aromatic heterocycles. The van der Waals surface area contributed by atoms with Gasteiger partial charge in [-0.25, -0.2) is 0 Å². The number of nitrogens with zero attached hydrogens (tertiary/aromatic N) is 3. The van der Waals surface area contributed by atoms with Crippen LogP contribution < -0.4 is 5.32 Å². The molecule has 3 rings (SSSR count). The predicted molar refractivity (Wildman–Crippen MR) is 111 cm³/mol. The van der Waals surface area contributed by atoms with Gasteiger partial charge < -0.3 is 14.8 Å². The number of hydrogen-bond acceptors (Lipinski definition) is 4. The van der Waals surface area contributed by atoms with E-state index in [1.807, 2.05) is 42.8 Å². The maximum atomic E-state index is 12.4. The number of nitrogens with one attached hydrogen (secondary N) is 1. The molecule has 0 spiro atoms. The van der Waals surface area contributed by atoms with E-state index in [4.69, 9.17) is 0 Å². The number of fused-ring (bicyclic) bond motifs is 1. The van der Waals surface area contributed by atoms with E-state index in [-0.39, 0.29) is 23.7 Å². The molecular weight excluding hydrogens is 372 g/mol. The Morgan fingerprint density at radius 3 is 2.55 bits per heavy atom. The molecule has 0 radical (unpaired) electrons. The van der Waals surface area contributed by atoms with Crippen LogP contribution in [0.4, 0.5) is 11.4 Å². The highest BCUT2D eigenvalue weighted by Gasteiger charge is 2.14. The van der Waals surface area contributed by atoms with Gasteiger partial charge in [0.15, 0.2) is 0 Å². The summed E-state index contributed by atoms with van der Waals surface area (Å²) >= 11 is 0. The van der Waals surface area contributed by atoms with Gasteiger partial charge in [0.05, 0.1) is 4.92 Å². The molecule has 1 N–H and O–H groups in total. The van der Waals surface area contributed by atoms with Crippen LogP contribution in [0, 0.1) is 10.1 Å². The second-order valence-electron chi connectivity index (χ2n) is 6.54. The minimum absolute atomic E-state index is 0.0514. The zero-order valence-electron chi connectivity index (χ0n) is 16.3. The van der Waals surface area contributed by atoms with E-state index >= 15 is 0 Å². The van der Waals surface area contributed by atoms with Crippen LogP contribution in [-0.4, -0.2) is 39.3 Å². The van der Waals surface area contributed by atoms with Gasteiger partial charge in [-0.2, -0.15) is 0 Å². The molecule has 0 aliphatic rings. The van der Waals surface area contributed by atoms with Crippen LogP contribution in [-0.2, 0) is 11.3 Å². The second kappa shape index (κ2) is 8.55. The van der Waals surface area contributed by atoms with Crippen molar-refractivity contribution in [2.24, 2.45) is 0 Å². The Bertz CT molecular complexity index is 1070. The summed E-state index contributed by atoms with van der Waals surface area (Å²) in [6.45, 7) is 5.49. The lowest BCUT2D eigenvalue weighted by molar-refractivity contribution is -0.384. The fourth-order valence-corrected chi connectivity index (χ4v) is 3.20. The highest BCUT2D eigenvalue weighted by atomic mass is 16.6. The fraction of sp³-hybridized carbons (Fsp3) is 0.238. The van der Waals surface area contributed by atoms with Gasteiger partial charge >= 0.3 is 0 Å². The molecule has 0 aliphatic carbocycles. The van der Waals surface area contributed by atoms with Gasteiger partial charge in [-0.3, -0.25) is 19.7 Å². The van der Waals surface area contributed by atoms with Gasteiger partial charge in [-0.15, -0.1) is 0 Å². The van der Waals surface area contributed by atoms with Gasteiger partial charge in [-0.1, -0.05) is 6.07 Å². The average molecular weight is 394 g/mol. The minimum atomic E-state index is -0.537. The molecule has 1 heterocycles. The van der Waals surface area contributed by atoms with Crippen molar-refractivity contribution in [3.63, 3.8) is 0 Å².